The molecule has 0 aliphatic rings. The number of hydrogen-bond donors (Lipinski definition) is 0. The quantitative estimate of drug-likeness (QED) is 0.776. The summed E-state index contributed by atoms with van der Waals surface area (Å²) in [6.07, 6.45) is 0.740. The third kappa shape index (κ3) is 2.67. The number of halogens is 1. The smallest absolute Gasteiger partial charge is 0.101 e. The van der Waals surface area contributed by atoms with Gasteiger partial charge >= 0.3 is 0 Å². The zero-order valence-electron chi connectivity index (χ0n) is 9.57. The molecule has 2 aromatic carbocycles. The second-order valence-corrected chi connectivity index (χ2v) is 4.46. The molecule has 1 nitrogen and oxygen atoms in total. The minimum Gasteiger partial charge on any atom is -0.192 e. The van der Waals surface area contributed by atoms with E-state index in [1.165, 1.54) is 11.1 Å². The molecule has 0 heterocycles. The van der Waals surface area contributed by atoms with E-state index in [0.717, 1.165) is 12.0 Å². The Morgan fingerprint density at radius 2 is 1.82 bits per heavy atom. The van der Waals surface area contributed by atoms with Gasteiger partial charge < -0.3 is 0 Å². The zero-order valence-corrected chi connectivity index (χ0v) is 10.3. The second-order valence-electron chi connectivity index (χ2n) is 4.05. The molecule has 0 unspecified atom stereocenters. The fraction of sp³-hybridized carbons (Fsp3) is 0.133. The summed E-state index contributed by atoms with van der Waals surface area (Å²) in [7, 11) is 0. The molecule has 0 aliphatic carbocycles. The van der Waals surface area contributed by atoms with Crippen molar-refractivity contribution < 1.29 is 0 Å². The van der Waals surface area contributed by atoms with E-state index >= 15 is 0 Å². The molecule has 2 aromatic rings. The van der Waals surface area contributed by atoms with Gasteiger partial charge in [0.05, 0.1) is 10.6 Å². The summed E-state index contributed by atoms with van der Waals surface area (Å²) in [4.78, 5) is 0. The van der Waals surface area contributed by atoms with Crippen molar-refractivity contribution in [2.45, 2.75) is 13.3 Å². The normalized spacial score (nSPS) is 9.94. The predicted molar refractivity (Wildman–Crippen MR) is 70.2 cm³/mol. The lowest BCUT2D eigenvalue weighted by atomic mass is 10.00. The van der Waals surface area contributed by atoms with Crippen LogP contribution in [0, 0.1) is 18.3 Å². The lowest BCUT2D eigenvalue weighted by molar-refractivity contribution is 1.17. The third-order valence-corrected chi connectivity index (χ3v) is 3.04. The monoisotopic (exact) mass is 241 g/mol. The van der Waals surface area contributed by atoms with E-state index in [9.17, 15) is 0 Å². The second kappa shape index (κ2) is 5.03. The molecule has 0 N–H and O–H groups in total. The first-order valence-corrected chi connectivity index (χ1v) is 5.81. The number of aryl methyl sites for hydroxylation is 1. The van der Waals surface area contributed by atoms with Gasteiger partial charge in [0.25, 0.3) is 0 Å². The molecule has 2 heteroatoms. The highest BCUT2D eigenvalue weighted by molar-refractivity contribution is 6.31. The van der Waals surface area contributed by atoms with Crippen LogP contribution in [0.3, 0.4) is 0 Å². The van der Waals surface area contributed by atoms with Crippen LogP contribution in [-0.2, 0) is 6.42 Å². The van der Waals surface area contributed by atoms with Crippen molar-refractivity contribution in [3.8, 4) is 6.07 Å². The summed E-state index contributed by atoms with van der Waals surface area (Å²) >= 11 is 6.00. The molecule has 0 atom stereocenters. The Morgan fingerprint density at radius 1 is 1.12 bits per heavy atom. The van der Waals surface area contributed by atoms with Crippen molar-refractivity contribution in [2.75, 3.05) is 0 Å². The summed E-state index contributed by atoms with van der Waals surface area (Å²) in [5.41, 5.74) is 3.98. The first kappa shape index (κ1) is 11.7. The number of rotatable bonds is 2. The molecule has 0 radical (unpaired) electrons. The maximum Gasteiger partial charge on any atom is 0.101 e. The summed E-state index contributed by atoms with van der Waals surface area (Å²) in [5.74, 6) is 0. The van der Waals surface area contributed by atoms with Crippen LogP contribution in [0.15, 0.2) is 42.5 Å². The van der Waals surface area contributed by atoms with Crippen LogP contribution in [0.2, 0.25) is 5.02 Å². The Balaban J connectivity index is 2.34. The summed E-state index contributed by atoms with van der Waals surface area (Å²) in [6.45, 7) is 2.06. The Morgan fingerprint density at radius 3 is 2.47 bits per heavy atom. The SMILES string of the molecule is Cc1ccc(Cc2cccc(Cl)c2C#N)cc1. The maximum atomic E-state index is 9.09. The first-order chi connectivity index (χ1) is 8.20. The molecule has 0 saturated carbocycles. The standard InChI is InChI=1S/C15H12ClN/c1-11-5-7-12(8-6-11)9-13-3-2-4-15(16)14(13)10-17/h2-8H,9H2,1H3. The minimum absolute atomic E-state index is 0.525. The lowest BCUT2D eigenvalue weighted by Gasteiger charge is -2.06. The van der Waals surface area contributed by atoms with Crippen LogP contribution in [0.5, 0.6) is 0 Å². The first-order valence-electron chi connectivity index (χ1n) is 5.44. The van der Waals surface area contributed by atoms with Crippen LogP contribution in [0.1, 0.15) is 22.3 Å². The number of hydrogen-bond acceptors (Lipinski definition) is 1. The van der Waals surface area contributed by atoms with E-state index < -0.39 is 0 Å². The highest BCUT2D eigenvalue weighted by atomic mass is 35.5. The van der Waals surface area contributed by atoms with E-state index in [1.54, 1.807) is 6.07 Å². The van der Waals surface area contributed by atoms with Gasteiger partial charge in [0.1, 0.15) is 6.07 Å². The van der Waals surface area contributed by atoms with Crippen LogP contribution in [-0.4, -0.2) is 0 Å². The zero-order chi connectivity index (χ0) is 12.3. The van der Waals surface area contributed by atoms with Gasteiger partial charge in [-0.25, -0.2) is 0 Å². The summed E-state index contributed by atoms with van der Waals surface area (Å²) in [6, 6.07) is 16.1. The van der Waals surface area contributed by atoms with E-state index in [2.05, 4.69) is 37.3 Å². The molecule has 2 rings (SSSR count). The maximum absolute atomic E-state index is 9.09. The van der Waals surface area contributed by atoms with E-state index in [0.29, 0.717) is 10.6 Å². The molecule has 0 bridgehead atoms. The Kier molecular flexibility index (Phi) is 3.46. The number of benzene rings is 2. The molecule has 0 spiro atoms. The van der Waals surface area contributed by atoms with Crippen molar-refractivity contribution in [2.24, 2.45) is 0 Å². The Bertz CT molecular complexity index is 564. The van der Waals surface area contributed by atoms with Gasteiger partial charge in [0.15, 0.2) is 0 Å². The number of nitriles is 1. The molecule has 0 aliphatic heterocycles. The fourth-order valence-corrected chi connectivity index (χ4v) is 2.00. The molecule has 17 heavy (non-hydrogen) atoms. The average molecular weight is 242 g/mol. The highest BCUT2D eigenvalue weighted by Gasteiger charge is 2.06. The van der Waals surface area contributed by atoms with E-state index in [4.69, 9.17) is 16.9 Å². The number of nitrogens with zero attached hydrogens (tertiary/aromatic N) is 1. The van der Waals surface area contributed by atoms with Crippen LogP contribution >= 0.6 is 11.6 Å². The minimum atomic E-state index is 0.525. The molecule has 0 fully saturated rings. The van der Waals surface area contributed by atoms with Gasteiger partial charge in [-0.2, -0.15) is 5.26 Å². The van der Waals surface area contributed by atoms with Crippen molar-refractivity contribution in [3.63, 3.8) is 0 Å². The van der Waals surface area contributed by atoms with Gasteiger partial charge in [-0.1, -0.05) is 53.6 Å². The third-order valence-electron chi connectivity index (χ3n) is 2.73. The van der Waals surface area contributed by atoms with Crippen LogP contribution in [0.4, 0.5) is 0 Å². The van der Waals surface area contributed by atoms with Crippen molar-refractivity contribution in [1.29, 1.82) is 5.26 Å². The average Bonchev–Trinajstić information content (AvgIpc) is 2.32. The van der Waals surface area contributed by atoms with Crippen LogP contribution < -0.4 is 0 Å². The fourth-order valence-electron chi connectivity index (χ4n) is 1.77. The Hall–Kier alpha value is -1.78. The highest BCUT2D eigenvalue weighted by Crippen LogP contribution is 2.21. The molecular weight excluding hydrogens is 230 g/mol. The van der Waals surface area contributed by atoms with Gasteiger partial charge in [-0.3, -0.25) is 0 Å². The molecular formula is C15H12ClN. The molecule has 84 valence electrons. The summed E-state index contributed by atoms with van der Waals surface area (Å²) in [5, 5.41) is 9.61. The summed E-state index contributed by atoms with van der Waals surface area (Å²) < 4.78 is 0. The van der Waals surface area contributed by atoms with Crippen LogP contribution in [0.25, 0.3) is 0 Å². The molecule has 0 aromatic heterocycles. The van der Waals surface area contributed by atoms with E-state index in [1.807, 2.05) is 12.1 Å². The van der Waals surface area contributed by atoms with E-state index in [-0.39, 0.29) is 0 Å². The molecule has 0 amide bonds. The van der Waals surface area contributed by atoms with Crippen molar-refractivity contribution >= 4 is 11.6 Å². The molecule has 0 saturated heterocycles. The van der Waals surface area contributed by atoms with Gasteiger partial charge in [-0.15, -0.1) is 0 Å². The van der Waals surface area contributed by atoms with Gasteiger partial charge in [0, 0.05) is 0 Å². The van der Waals surface area contributed by atoms with Gasteiger partial charge in [0.2, 0.25) is 0 Å². The largest absolute Gasteiger partial charge is 0.192 e. The lowest BCUT2D eigenvalue weighted by Crippen LogP contribution is -1.93. The Labute approximate surface area is 106 Å². The topological polar surface area (TPSA) is 23.8 Å². The van der Waals surface area contributed by atoms with Crippen molar-refractivity contribution in [1.82, 2.24) is 0 Å². The van der Waals surface area contributed by atoms with Crippen molar-refractivity contribution in [3.05, 3.63) is 69.7 Å². The van der Waals surface area contributed by atoms with Gasteiger partial charge in [-0.05, 0) is 30.5 Å². The predicted octanol–water partition coefficient (Wildman–Crippen LogP) is 4.11.